The van der Waals surface area contributed by atoms with Crippen molar-refractivity contribution in [3.8, 4) is 0 Å². The topological polar surface area (TPSA) is 113 Å². The lowest BCUT2D eigenvalue weighted by atomic mass is 9.76. The van der Waals surface area contributed by atoms with Gasteiger partial charge in [0.25, 0.3) is 0 Å². The van der Waals surface area contributed by atoms with Gasteiger partial charge in [-0.25, -0.2) is 10.4 Å². The number of benzene rings is 1. The second-order valence-corrected chi connectivity index (χ2v) is 14.3. The van der Waals surface area contributed by atoms with Crippen molar-refractivity contribution in [1.29, 1.82) is 5.41 Å². The van der Waals surface area contributed by atoms with E-state index in [0.717, 1.165) is 56.1 Å². The summed E-state index contributed by atoms with van der Waals surface area (Å²) in [4.78, 5) is 29.6. The third kappa shape index (κ3) is 9.61. The van der Waals surface area contributed by atoms with Crippen molar-refractivity contribution < 1.29 is 9.59 Å². The van der Waals surface area contributed by atoms with Crippen LogP contribution in [0.1, 0.15) is 91.2 Å². The Balaban J connectivity index is 1.94. The molecule has 1 saturated heterocycles. The third-order valence-corrected chi connectivity index (χ3v) is 9.62. The molecule has 1 spiro atoms. The van der Waals surface area contributed by atoms with Gasteiger partial charge in [0.05, 0.1) is 24.8 Å². The SMILES string of the molecule is C=C/C(=C\C=C(C)C(=O)NCC(=N)CN(C)NNC)C(CCC)N1C(=O)C(c2cccc(Cl)c2)NC12CCCC(C(C)(C)C)CC2. The van der Waals surface area contributed by atoms with Gasteiger partial charge >= 0.3 is 0 Å². The lowest BCUT2D eigenvalue weighted by Crippen LogP contribution is -2.56. The Morgan fingerprint density at radius 3 is 2.65 bits per heavy atom. The lowest BCUT2D eigenvalue weighted by Gasteiger charge is -2.43. The fourth-order valence-electron chi connectivity index (χ4n) is 6.92. The van der Waals surface area contributed by atoms with Crippen LogP contribution in [0.25, 0.3) is 0 Å². The van der Waals surface area contributed by atoms with Gasteiger partial charge in [0, 0.05) is 23.4 Å². The van der Waals surface area contributed by atoms with Gasteiger partial charge in [0.1, 0.15) is 6.04 Å². The molecule has 254 valence electrons. The highest BCUT2D eigenvalue weighted by Crippen LogP contribution is 2.46. The van der Waals surface area contributed by atoms with E-state index in [0.29, 0.717) is 28.8 Å². The van der Waals surface area contributed by atoms with Crippen LogP contribution in [-0.4, -0.2) is 66.3 Å². The summed E-state index contributed by atoms with van der Waals surface area (Å²) in [6.45, 7) is 15.5. The molecular weight excluding hydrogens is 598 g/mol. The van der Waals surface area contributed by atoms with E-state index in [1.54, 1.807) is 25.1 Å². The summed E-state index contributed by atoms with van der Waals surface area (Å²) in [5.74, 6) is 0.381. The quantitative estimate of drug-likeness (QED) is 0.0721. The Labute approximate surface area is 281 Å². The molecule has 5 N–H and O–H groups in total. The fourth-order valence-corrected chi connectivity index (χ4v) is 7.12. The van der Waals surface area contributed by atoms with Crippen molar-refractivity contribution in [1.82, 2.24) is 31.5 Å². The maximum atomic E-state index is 14.6. The smallest absolute Gasteiger partial charge is 0.247 e. The molecule has 1 aromatic rings. The van der Waals surface area contributed by atoms with E-state index in [2.05, 4.69) is 60.8 Å². The van der Waals surface area contributed by atoms with E-state index in [9.17, 15) is 9.59 Å². The number of allylic oxidation sites excluding steroid dienone is 2. The van der Waals surface area contributed by atoms with Crippen LogP contribution >= 0.6 is 11.6 Å². The van der Waals surface area contributed by atoms with Crippen molar-refractivity contribution in [2.24, 2.45) is 11.3 Å². The summed E-state index contributed by atoms with van der Waals surface area (Å²) in [5, 5.41) is 17.2. The molecule has 1 saturated carbocycles. The first-order chi connectivity index (χ1) is 21.8. The van der Waals surface area contributed by atoms with Crippen LogP contribution in [0.4, 0.5) is 0 Å². The van der Waals surface area contributed by atoms with Crippen molar-refractivity contribution in [3.63, 3.8) is 0 Å². The molecule has 4 unspecified atom stereocenters. The predicted molar refractivity (Wildman–Crippen MR) is 189 cm³/mol. The molecular formula is C36H56ClN7O2. The van der Waals surface area contributed by atoms with E-state index in [-0.39, 0.29) is 29.8 Å². The van der Waals surface area contributed by atoms with Crippen molar-refractivity contribution >= 4 is 29.1 Å². The maximum Gasteiger partial charge on any atom is 0.247 e. The summed E-state index contributed by atoms with van der Waals surface area (Å²) in [6.07, 6.45) is 12.1. The molecule has 1 aliphatic carbocycles. The number of carbonyl (C=O) groups excluding carboxylic acids is 2. The summed E-state index contributed by atoms with van der Waals surface area (Å²) >= 11 is 6.40. The molecule has 0 radical (unpaired) electrons. The van der Waals surface area contributed by atoms with Crippen LogP contribution in [0.3, 0.4) is 0 Å². The molecule has 2 amide bonds. The van der Waals surface area contributed by atoms with Gasteiger partial charge in [-0.05, 0) is 87.1 Å². The van der Waals surface area contributed by atoms with E-state index in [1.165, 1.54) is 0 Å². The first kappa shape index (κ1) is 37.6. The number of rotatable bonds is 14. The summed E-state index contributed by atoms with van der Waals surface area (Å²) in [6, 6.07) is 6.90. The number of hydrogen-bond acceptors (Lipinski definition) is 7. The molecule has 46 heavy (non-hydrogen) atoms. The number of halogens is 1. The minimum Gasteiger partial charge on any atom is -0.347 e. The summed E-state index contributed by atoms with van der Waals surface area (Å²) in [5.41, 5.74) is 8.05. The van der Waals surface area contributed by atoms with Crippen LogP contribution < -0.4 is 21.6 Å². The van der Waals surface area contributed by atoms with Crippen LogP contribution in [0.2, 0.25) is 5.02 Å². The Kier molecular flexibility index (Phi) is 13.8. The predicted octanol–water partition coefficient (Wildman–Crippen LogP) is 6.07. The molecule has 2 fully saturated rings. The minimum absolute atomic E-state index is 0.0531. The Morgan fingerprint density at radius 1 is 1.28 bits per heavy atom. The third-order valence-electron chi connectivity index (χ3n) is 9.39. The monoisotopic (exact) mass is 653 g/mol. The molecule has 0 aromatic heterocycles. The normalized spacial score (nSPS) is 23.5. The second kappa shape index (κ2) is 16.8. The number of carbonyl (C=O) groups is 2. The molecule has 10 heteroatoms. The van der Waals surface area contributed by atoms with E-state index in [1.807, 2.05) is 43.5 Å². The zero-order chi connectivity index (χ0) is 34.1. The van der Waals surface area contributed by atoms with E-state index >= 15 is 0 Å². The van der Waals surface area contributed by atoms with Gasteiger partial charge in [-0.15, -0.1) is 0 Å². The largest absolute Gasteiger partial charge is 0.347 e. The number of nitrogens with one attached hydrogen (secondary N) is 5. The molecule has 3 rings (SSSR count). The number of nitrogens with zero attached hydrogens (tertiary/aromatic N) is 2. The van der Waals surface area contributed by atoms with Crippen molar-refractivity contribution in [2.45, 2.75) is 97.3 Å². The molecule has 0 bridgehead atoms. The van der Waals surface area contributed by atoms with Gasteiger partial charge in [-0.1, -0.05) is 82.7 Å². The lowest BCUT2D eigenvalue weighted by molar-refractivity contribution is -0.135. The standard InChI is InChI=1S/C36H56ClN7O2/c1-9-13-31(26(10-2)18-17-25(3)33(45)40-23-30(38)24-43(8)42-39-7)44-34(46)32(27-14-11-16-29(37)22-27)41-36(44)20-12-15-28(19-21-36)35(4,5)6/h10-11,14,16-18,22,28,31-32,38-39,41-42H,2,9,12-13,15,19-21,23-24H2,1,3-8H3,(H,40,45)/b25-17?,26-18+,38-30?. The Morgan fingerprint density at radius 2 is 2.02 bits per heavy atom. The average molecular weight is 654 g/mol. The van der Waals surface area contributed by atoms with Gasteiger partial charge in [-0.3, -0.25) is 14.9 Å². The molecule has 2 aliphatic rings. The van der Waals surface area contributed by atoms with Crippen LogP contribution in [-0.2, 0) is 9.59 Å². The highest BCUT2D eigenvalue weighted by molar-refractivity contribution is 6.30. The summed E-state index contributed by atoms with van der Waals surface area (Å²) < 4.78 is 0. The van der Waals surface area contributed by atoms with Crippen LogP contribution in [0, 0.1) is 16.7 Å². The van der Waals surface area contributed by atoms with Crippen molar-refractivity contribution in [2.75, 3.05) is 27.2 Å². The second-order valence-electron chi connectivity index (χ2n) is 13.9. The molecule has 9 nitrogen and oxygen atoms in total. The highest BCUT2D eigenvalue weighted by Gasteiger charge is 2.54. The van der Waals surface area contributed by atoms with E-state index < -0.39 is 11.7 Å². The van der Waals surface area contributed by atoms with Gasteiger partial charge in [0.2, 0.25) is 11.8 Å². The molecule has 4 atom stereocenters. The average Bonchev–Trinajstić information content (AvgIpc) is 3.11. The summed E-state index contributed by atoms with van der Waals surface area (Å²) in [7, 11) is 3.56. The van der Waals surface area contributed by atoms with Crippen LogP contribution in [0.15, 0.2) is 60.2 Å². The highest BCUT2D eigenvalue weighted by atomic mass is 35.5. The maximum absolute atomic E-state index is 14.6. The molecule has 1 aromatic carbocycles. The van der Waals surface area contributed by atoms with Gasteiger partial charge in [-0.2, -0.15) is 5.53 Å². The Hall–Kier alpha value is -2.82. The minimum atomic E-state index is -0.502. The number of hydrazine groups is 2. The van der Waals surface area contributed by atoms with Gasteiger partial charge < -0.3 is 15.6 Å². The zero-order valence-corrected chi connectivity index (χ0v) is 29.7. The van der Waals surface area contributed by atoms with Gasteiger partial charge in [0.15, 0.2) is 0 Å². The first-order valence-electron chi connectivity index (χ1n) is 16.6. The first-order valence-corrected chi connectivity index (χ1v) is 17.0. The molecule has 1 heterocycles. The molecule has 1 aliphatic heterocycles. The van der Waals surface area contributed by atoms with Crippen molar-refractivity contribution in [3.05, 3.63) is 70.8 Å². The van der Waals surface area contributed by atoms with E-state index in [4.69, 9.17) is 17.0 Å². The zero-order valence-electron chi connectivity index (χ0n) is 28.9. The van der Waals surface area contributed by atoms with Crippen LogP contribution in [0.5, 0.6) is 0 Å². The number of amides is 2. The number of hydrogen-bond donors (Lipinski definition) is 5. The Bertz CT molecular complexity index is 1300. The fraction of sp³-hybridized carbons (Fsp3) is 0.583.